The van der Waals surface area contributed by atoms with Crippen molar-refractivity contribution in [1.29, 1.82) is 0 Å². The van der Waals surface area contributed by atoms with Crippen LogP contribution in [0, 0.1) is 0 Å². The number of benzene rings is 1. The summed E-state index contributed by atoms with van der Waals surface area (Å²) in [5.74, 6) is 2.08. The molecular weight excluding hydrogens is 290 g/mol. The van der Waals surface area contributed by atoms with Crippen LogP contribution in [0.3, 0.4) is 0 Å². The summed E-state index contributed by atoms with van der Waals surface area (Å²) in [6.07, 6.45) is 3.06. The van der Waals surface area contributed by atoms with E-state index in [9.17, 15) is 8.42 Å². The zero-order valence-corrected chi connectivity index (χ0v) is 13.1. The summed E-state index contributed by atoms with van der Waals surface area (Å²) in [7, 11) is -3.15. The molecule has 0 fully saturated rings. The van der Waals surface area contributed by atoms with E-state index < -0.39 is 10.0 Å². The van der Waals surface area contributed by atoms with Crippen molar-refractivity contribution in [2.75, 3.05) is 25.5 Å². The highest BCUT2D eigenvalue weighted by Gasteiger charge is 2.26. The second-order valence-corrected chi connectivity index (χ2v) is 7.41. The highest BCUT2D eigenvalue weighted by Crippen LogP contribution is 2.40. The lowest BCUT2D eigenvalue weighted by atomic mass is 9.97. The number of hydrogen-bond acceptors (Lipinski definition) is 4. The summed E-state index contributed by atoms with van der Waals surface area (Å²) >= 11 is 0. The lowest BCUT2D eigenvalue weighted by molar-refractivity contribution is 0.353. The van der Waals surface area contributed by atoms with Gasteiger partial charge in [-0.25, -0.2) is 13.1 Å². The molecule has 0 aromatic heterocycles. The molecule has 0 aliphatic carbocycles. The maximum Gasteiger partial charge on any atom is 0.211 e. The Hall–Kier alpha value is -1.27. The number of ether oxygens (including phenoxy) is 2. The van der Waals surface area contributed by atoms with E-state index in [1.807, 2.05) is 6.92 Å². The molecule has 1 aromatic rings. The van der Waals surface area contributed by atoms with E-state index in [0.717, 1.165) is 29.9 Å². The fourth-order valence-corrected chi connectivity index (χ4v) is 4.12. The molecule has 0 amide bonds. The molecule has 1 aromatic carbocycles. The van der Waals surface area contributed by atoms with Crippen molar-refractivity contribution in [2.45, 2.75) is 32.6 Å². The van der Waals surface area contributed by atoms with Crippen molar-refractivity contribution in [3.8, 4) is 11.5 Å². The van der Waals surface area contributed by atoms with E-state index in [0.29, 0.717) is 32.6 Å². The van der Waals surface area contributed by atoms with Gasteiger partial charge in [0.25, 0.3) is 0 Å². The van der Waals surface area contributed by atoms with Gasteiger partial charge in [-0.05, 0) is 18.9 Å². The molecular formula is C15H21NO4S. The average Bonchev–Trinajstić information content (AvgIpc) is 3.05. The quantitative estimate of drug-likeness (QED) is 0.863. The average molecular weight is 311 g/mol. The first-order valence-corrected chi connectivity index (χ1v) is 9.16. The van der Waals surface area contributed by atoms with Crippen LogP contribution in [0.1, 0.15) is 30.0 Å². The van der Waals surface area contributed by atoms with Crippen molar-refractivity contribution >= 4 is 10.0 Å². The van der Waals surface area contributed by atoms with Gasteiger partial charge in [-0.3, -0.25) is 0 Å². The van der Waals surface area contributed by atoms with Gasteiger partial charge in [0.2, 0.25) is 10.0 Å². The molecule has 2 heterocycles. The van der Waals surface area contributed by atoms with Crippen molar-refractivity contribution in [1.82, 2.24) is 4.72 Å². The van der Waals surface area contributed by atoms with E-state index in [1.165, 1.54) is 11.1 Å². The monoisotopic (exact) mass is 311 g/mol. The number of hydrogen-bond donors (Lipinski definition) is 1. The third-order valence-electron chi connectivity index (χ3n) is 3.93. The SMILES string of the molecule is CCCS(=O)(=O)NCCc1c2c(cc3c1OCC3)OCC2. The molecule has 1 N–H and O–H groups in total. The molecule has 6 heteroatoms. The Morgan fingerprint density at radius 3 is 2.86 bits per heavy atom. The molecule has 0 spiro atoms. The first kappa shape index (κ1) is 14.7. The van der Waals surface area contributed by atoms with Gasteiger partial charge in [0.05, 0.1) is 19.0 Å². The van der Waals surface area contributed by atoms with Crippen LogP contribution in [0.2, 0.25) is 0 Å². The molecule has 2 aliphatic heterocycles. The smallest absolute Gasteiger partial charge is 0.211 e. The topological polar surface area (TPSA) is 64.6 Å². The van der Waals surface area contributed by atoms with Gasteiger partial charge < -0.3 is 9.47 Å². The number of nitrogens with one attached hydrogen (secondary N) is 1. The third kappa shape index (κ3) is 3.01. The van der Waals surface area contributed by atoms with E-state index in [2.05, 4.69) is 10.8 Å². The fraction of sp³-hybridized carbons (Fsp3) is 0.600. The fourth-order valence-electron chi connectivity index (χ4n) is 3.02. The Morgan fingerprint density at radius 1 is 1.24 bits per heavy atom. The summed E-state index contributed by atoms with van der Waals surface area (Å²) < 4.78 is 37.5. The van der Waals surface area contributed by atoms with Crippen LogP contribution < -0.4 is 14.2 Å². The third-order valence-corrected chi connectivity index (χ3v) is 5.52. The van der Waals surface area contributed by atoms with Gasteiger partial charge in [0.1, 0.15) is 11.5 Å². The minimum Gasteiger partial charge on any atom is -0.493 e. The maximum atomic E-state index is 11.7. The van der Waals surface area contributed by atoms with E-state index in [-0.39, 0.29) is 5.75 Å². The molecule has 116 valence electrons. The molecule has 5 nitrogen and oxygen atoms in total. The standard InChI is InChI=1S/C15H21NO4S/c1-2-9-21(17,18)16-6-3-13-12-5-8-19-14(12)10-11-4-7-20-15(11)13/h10,16H,2-9H2,1H3. The van der Waals surface area contributed by atoms with Crippen LogP contribution in [0.25, 0.3) is 0 Å². The van der Waals surface area contributed by atoms with Crippen LogP contribution in [0.5, 0.6) is 11.5 Å². The minimum absolute atomic E-state index is 0.178. The van der Waals surface area contributed by atoms with Gasteiger partial charge in [-0.15, -0.1) is 0 Å². The molecule has 2 aliphatic rings. The number of rotatable bonds is 6. The lowest BCUT2D eigenvalue weighted by Gasteiger charge is -2.13. The molecule has 0 bridgehead atoms. The summed E-state index contributed by atoms with van der Waals surface area (Å²) in [4.78, 5) is 0. The second-order valence-electron chi connectivity index (χ2n) is 5.48. The number of fused-ring (bicyclic) bond motifs is 2. The summed E-state index contributed by atoms with van der Waals surface area (Å²) in [6.45, 7) is 3.68. The summed E-state index contributed by atoms with van der Waals surface area (Å²) in [5.41, 5.74) is 3.49. The summed E-state index contributed by atoms with van der Waals surface area (Å²) in [6, 6.07) is 2.08. The van der Waals surface area contributed by atoms with Crippen LogP contribution in [-0.2, 0) is 29.3 Å². The van der Waals surface area contributed by atoms with Gasteiger partial charge in [0, 0.05) is 36.1 Å². The van der Waals surface area contributed by atoms with Gasteiger partial charge in [-0.2, -0.15) is 0 Å². The summed E-state index contributed by atoms with van der Waals surface area (Å²) in [5, 5.41) is 0. The normalized spacial score (nSPS) is 16.2. The van der Waals surface area contributed by atoms with Gasteiger partial charge in [0.15, 0.2) is 0 Å². The van der Waals surface area contributed by atoms with Gasteiger partial charge in [-0.1, -0.05) is 6.92 Å². The van der Waals surface area contributed by atoms with Crippen LogP contribution >= 0.6 is 0 Å². The highest BCUT2D eigenvalue weighted by atomic mass is 32.2. The molecule has 3 rings (SSSR count). The van der Waals surface area contributed by atoms with Crippen molar-refractivity contribution < 1.29 is 17.9 Å². The molecule has 0 atom stereocenters. The Bertz CT molecular complexity index is 607. The number of sulfonamides is 1. The Morgan fingerprint density at radius 2 is 2.05 bits per heavy atom. The zero-order chi connectivity index (χ0) is 14.9. The van der Waals surface area contributed by atoms with Gasteiger partial charge >= 0.3 is 0 Å². The first-order valence-electron chi connectivity index (χ1n) is 7.51. The highest BCUT2D eigenvalue weighted by molar-refractivity contribution is 7.89. The Labute approximate surface area is 125 Å². The predicted octanol–water partition coefficient (Wildman–Crippen LogP) is 1.43. The van der Waals surface area contributed by atoms with Crippen LogP contribution in [0.4, 0.5) is 0 Å². The Balaban J connectivity index is 1.77. The van der Waals surface area contributed by atoms with Crippen molar-refractivity contribution in [3.63, 3.8) is 0 Å². The van der Waals surface area contributed by atoms with E-state index in [4.69, 9.17) is 9.47 Å². The molecule has 0 radical (unpaired) electrons. The van der Waals surface area contributed by atoms with Crippen LogP contribution in [0.15, 0.2) is 6.07 Å². The van der Waals surface area contributed by atoms with Crippen molar-refractivity contribution in [3.05, 3.63) is 22.8 Å². The molecule has 0 unspecified atom stereocenters. The Kier molecular flexibility index (Phi) is 4.08. The zero-order valence-electron chi connectivity index (χ0n) is 12.3. The maximum absolute atomic E-state index is 11.7. The largest absolute Gasteiger partial charge is 0.493 e. The molecule has 0 saturated carbocycles. The molecule has 21 heavy (non-hydrogen) atoms. The first-order chi connectivity index (χ1) is 10.1. The lowest BCUT2D eigenvalue weighted by Crippen LogP contribution is -2.28. The molecule has 0 saturated heterocycles. The minimum atomic E-state index is -3.15. The van der Waals surface area contributed by atoms with Crippen LogP contribution in [-0.4, -0.2) is 33.9 Å². The second kappa shape index (κ2) is 5.85. The predicted molar refractivity (Wildman–Crippen MR) is 80.6 cm³/mol. The van der Waals surface area contributed by atoms with Crippen molar-refractivity contribution in [2.24, 2.45) is 0 Å². The van der Waals surface area contributed by atoms with E-state index in [1.54, 1.807) is 0 Å². The van der Waals surface area contributed by atoms with E-state index >= 15 is 0 Å².